The highest BCUT2D eigenvalue weighted by Crippen LogP contribution is 2.53. The zero-order chi connectivity index (χ0) is 22.7. The van der Waals surface area contributed by atoms with Crippen molar-refractivity contribution in [3.05, 3.63) is 59.3 Å². The molecule has 3 aromatic heterocycles. The second-order valence-electron chi connectivity index (χ2n) is 9.55. The molecule has 1 aliphatic heterocycles. The third-order valence-corrected chi connectivity index (χ3v) is 7.15. The van der Waals surface area contributed by atoms with Crippen molar-refractivity contribution in [2.75, 3.05) is 18.0 Å². The fourth-order valence-corrected chi connectivity index (χ4v) is 5.03. The van der Waals surface area contributed by atoms with Crippen molar-refractivity contribution in [2.24, 2.45) is 12.5 Å². The van der Waals surface area contributed by atoms with Gasteiger partial charge in [0.1, 0.15) is 17.2 Å². The molecule has 0 aromatic carbocycles. The zero-order valence-electron chi connectivity index (χ0n) is 18.3. The summed E-state index contributed by atoms with van der Waals surface area (Å²) in [7, 11) is 1.94. The molecule has 10 heteroatoms. The van der Waals surface area contributed by atoms with Gasteiger partial charge in [-0.2, -0.15) is 0 Å². The van der Waals surface area contributed by atoms with Crippen molar-refractivity contribution in [1.82, 2.24) is 29.4 Å². The number of alkyl halides is 2. The van der Waals surface area contributed by atoms with Crippen LogP contribution in [0.15, 0.2) is 31.0 Å². The van der Waals surface area contributed by atoms with Crippen LogP contribution in [0.1, 0.15) is 64.9 Å². The normalized spacial score (nSPS) is 20.2. The molecule has 1 spiro atoms. The molecule has 2 fully saturated rings. The van der Waals surface area contributed by atoms with Gasteiger partial charge in [-0.1, -0.05) is 6.07 Å². The average molecular weight is 453 g/mol. The lowest BCUT2D eigenvalue weighted by Gasteiger charge is -2.41. The first-order valence-electron chi connectivity index (χ1n) is 11.3. The number of imidazole rings is 2. The summed E-state index contributed by atoms with van der Waals surface area (Å²) in [6.45, 7) is 1.98. The molecule has 0 radical (unpaired) electrons. The summed E-state index contributed by atoms with van der Waals surface area (Å²) in [5.41, 5.74) is 2.92. The van der Waals surface area contributed by atoms with Gasteiger partial charge < -0.3 is 19.4 Å². The van der Waals surface area contributed by atoms with Gasteiger partial charge in [-0.15, -0.1) is 0 Å². The minimum absolute atomic E-state index is 0.141. The smallest absolute Gasteiger partial charge is 0.280 e. The van der Waals surface area contributed by atoms with E-state index in [2.05, 4.69) is 25.2 Å². The second kappa shape index (κ2) is 7.36. The molecule has 3 aliphatic rings. The van der Waals surface area contributed by atoms with Crippen LogP contribution < -0.4 is 10.2 Å². The molecular formula is C23H25F2N7O. The predicted molar refractivity (Wildman–Crippen MR) is 116 cm³/mol. The lowest BCUT2D eigenvalue weighted by molar-refractivity contribution is 0.0931. The number of fused-ring (bicyclic) bond motifs is 1. The quantitative estimate of drug-likeness (QED) is 0.621. The Kier molecular flexibility index (Phi) is 4.53. The molecule has 1 atom stereocenters. The molecular weight excluding hydrogens is 428 g/mol. The minimum Gasteiger partial charge on any atom is -0.355 e. The maximum Gasteiger partial charge on any atom is 0.280 e. The summed E-state index contributed by atoms with van der Waals surface area (Å²) in [6, 6.07) is 3.38. The standard InChI is InChI=1S/C23H25F2N7O/c1-30-12-27-20-15(3-4-17(20)30)28-22(33)16-9-31(13-26-16)8-14-2-5-18(29-19(14)21(24)25)32-10-23(11-32)6-7-23/h2,5,9,12-13,15,21H,3-4,6-8,10-11H2,1H3,(H,28,33)/t15-/m1/s1. The summed E-state index contributed by atoms with van der Waals surface area (Å²) in [5, 5.41) is 2.99. The number of pyridine rings is 1. The molecule has 1 saturated carbocycles. The molecule has 6 rings (SSSR count). The van der Waals surface area contributed by atoms with Crippen LogP contribution in [-0.2, 0) is 20.0 Å². The fraction of sp³-hybridized carbons (Fsp3) is 0.478. The summed E-state index contributed by atoms with van der Waals surface area (Å²) >= 11 is 0. The molecule has 4 heterocycles. The number of halogens is 2. The number of carbonyl (C=O) groups excluding carboxylic acids is 1. The lowest BCUT2D eigenvalue weighted by Crippen LogP contribution is -2.49. The number of nitrogens with zero attached hydrogens (tertiary/aromatic N) is 6. The van der Waals surface area contributed by atoms with E-state index in [-0.39, 0.29) is 29.9 Å². The molecule has 8 nitrogen and oxygen atoms in total. The third kappa shape index (κ3) is 3.57. The number of aromatic nitrogens is 5. The highest BCUT2D eigenvalue weighted by molar-refractivity contribution is 5.92. The Morgan fingerprint density at radius 1 is 1.24 bits per heavy atom. The van der Waals surface area contributed by atoms with Gasteiger partial charge in [-0.05, 0) is 37.3 Å². The number of nitrogens with one attached hydrogen (secondary N) is 1. The van der Waals surface area contributed by atoms with Gasteiger partial charge in [0.15, 0.2) is 0 Å². The predicted octanol–water partition coefficient (Wildman–Crippen LogP) is 3.02. The summed E-state index contributed by atoms with van der Waals surface area (Å²) in [5.74, 6) is 0.314. The first-order chi connectivity index (χ1) is 15.9. The molecule has 0 bridgehead atoms. The highest BCUT2D eigenvalue weighted by Gasteiger charge is 2.52. The molecule has 1 saturated heterocycles. The first-order valence-corrected chi connectivity index (χ1v) is 11.3. The molecule has 172 valence electrons. The fourth-order valence-electron chi connectivity index (χ4n) is 5.03. The van der Waals surface area contributed by atoms with Gasteiger partial charge in [0.05, 0.1) is 30.9 Å². The Balaban J connectivity index is 1.15. The van der Waals surface area contributed by atoms with E-state index in [9.17, 15) is 13.6 Å². The van der Waals surface area contributed by atoms with E-state index in [1.807, 2.05) is 17.7 Å². The van der Waals surface area contributed by atoms with Gasteiger partial charge in [0.2, 0.25) is 0 Å². The van der Waals surface area contributed by atoms with Crippen LogP contribution in [0.4, 0.5) is 14.6 Å². The van der Waals surface area contributed by atoms with Gasteiger partial charge in [0, 0.05) is 37.4 Å². The molecule has 2 aliphatic carbocycles. The van der Waals surface area contributed by atoms with Crippen LogP contribution >= 0.6 is 0 Å². The van der Waals surface area contributed by atoms with E-state index in [0.29, 0.717) is 16.8 Å². The SMILES string of the molecule is Cn1cnc2c1CC[C@H]2NC(=O)c1cn(Cc2ccc(N3CC4(CC4)C3)nc2C(F)F)cn1. The van der Waals surface area contributed by atoms with E-state index in [4.69, 9.17) is 0 Å². The van der Waals surface area contributed by atoms with E-state index in [0.717, 1.165) is 37.3 Å². The number of rotatable bonds is 6. The summed E-state index contributed by atoms with van der Waals surface area (Å²) in [6.07, 6.45) is 6.27. The van der Waals surface area contributed by atoms with Crippen LogP contribution in [-0.4, -0.2) is 43.1 Å². The van der Waals surface area contributed by atoms with Gasteiger partial charge >= 0.3 is 0 Å². The van der Waals surface area contributed by atoms with Crippen molar-refractivity contribution in [1.29, 1.82) is 0 Å². The van der Waals surface area contributed by atoms with Gasteiger partial charge in [-0.25, -0.2) is 23.7 Å². The maximum atomic E-state index is 13.8. The highest BCUT2D eigenvalue weighted by atomic mass is 19.3. The monoisotopic (exact) mass is 453 g/mol. The maximum absolute atomic E-state index is 13.8. The number of hydrogen-bond donors (Lipinski definition) is 1. The van der Waals surface area contributed by atoms with Gasteiger partial charge in [0.25, 0.3) is 12.3 Å². The number of carbonyl (C=O) groups is 1. The number of aryl methyl sites for hydroxylation is 1. The van der Waals surface area contributed by atoms with Crippen molar-refractivity contribution in [2.45, 2.75) is 44.7 Å². The Bertz CT molecular complexity index is 1220. The Labute approximate surface area is 189 Å². The Hall–Kier alpha value is -3.30. The summed E-state index contributed by atoms with van der Waals surface area (Å²) < 4.78 is 31.1. The lowest BCUT2D eigenvalue weighted by atomic mass is 9.97. The molecule has 3 aromatic rings. The number of anilines is 1. The van der Waals surface area contributed by atoms with E-state index >= 15 is 0 Å². The van der Waals surface area contributed by atoms with Crippen LogP contribution in [0.25, 0.3) is 0 Å². The van der Waals surface area contributed by atoms with Crippen molar-refractivity contribution in [3.8, 4) is 0 Å². The van der Waals surface area contributed by atoms with Gasteiger partial charge in [-0.3, -0.25) is 4.79 Å². The molecule has 1 amide bonds. The van der Waals surface area contributed by atoms with Crippen molar-refractivity contribution in [3.63, 3.8) is 0 Å². The number of amides is 1. The van der Waals surface area contributed by atoms with Crippen molar-refractivity contribution < 1.29 is 13.6 Å². The Morgan fingerprint density at radius 2 is 2.06 bits per heavy atom. The third-order valence-electron chi connectivity index (χ3n) is 7.15. The molecule has 0 unspecified atom stereocenters. The first kappa shape index (κ1) is 20.3. The van der Waals surface area contributed by atoms with Crippen LogP contribution in [0, 0.1) is 5.41 Å². The topological polar surface area (TPSA) is 80.9 Å². The molecule has 1 N–H and O–H groups in total. The van der Waals surface area contributed by atoms with E-state index in [1.165, 1.54) is 19.2 Å². The Morgan fingerprint density at radius 3 is 2.82 bits per heavy atom. The van der Waals surface area contributed by atoms with Crippen LogP contribution in [0.5, 0.6) is 0 Å². The van der Waals surface area contributed by atoms with Crippen molar-refractivity contribution >= 4 is 11.7 Å². The molecule has 33 heavy (non-hydrogen) atoms. The zero-order valence-corrected chi connectivity index (χ0v) is 18.3. The second-order valence-corrected chi connectivity index (χ2v) is 9.55. The number of hydrogen-bond acceptors (Lipinski definition) is 5. The minimum atomic E-state index is -2.67. The van der Waals surface area contributed by atoms with Crippen LogP contribution in [0.3, 0.4) is 0 Å². The van der Waals surface area contributed by atoms with E-state index in [1.54, 1.807) is 23.2 Å². The average Bonchev–Trinajstić information content (AvgIpc) is 3.08. The van der Waals surface area contributed by atoms with Crippen LogP contribution in [0.2, 0.25) is 0 Å². The van der Waals surface area contributed by atoms with E-state index < -0.39 is 6.43 Å². The summed E-state index contributed by atoms with van der Waals surface area (Å²) in [4.78, 5) is 27.6. The largest absolute Gasteiger partial charge is 0.355 e.